The third-order valence-corrected chi connectivity index (χ3v) is 2.81. The molecular weight excluding hydrogens is 294 g/mol. The Hall–Kier alpha value is -2.81. The SMILES string of the molecule is C=CCNC(=S)N=Nc1c(O)[nH]c2ccc([N+](=O)[O-])cc12. The number of nitrogens with one attached hydrogen (secondary N) is 2. The quantitative estimate of drug-likeness (QED) is 0.264. The molecule has 0 aliphatic heterocycles. The van der Waals surface area contributed by atoms with E-state index in [9.17, 15) is 15.2 Å². The molecule has 0 radical (unpaired) electrons. The smallest absolute Gasteiger partial charge is 0.270 e. The summed E-state index contributed by atoms with van der Waals surface area (Å²) in [6.45, 7) is 3.95. The summed E-state index contributed by atoms with van der Waals surface area (Å²) in [6, 6.07) is 4.12. The number of aromatic amines is 1. The number of hydrogen-bond donors (Lipinski definition) is 3. The van der Waals surface area contributed by atoms with Crippen LogP contribution in [-0.4, -0.2) is 26.7 Å². The fourth-order valence-electron chi connectivity index (χ4n) is 1.66. The van der Waals surface area contributed by atoms with E-state index >= 15 is 0 Å². The first-order chi connectivity index (χ1) is 10.0. The van der Waals surface area contributed by atoms with Gasteiger partial charge >= 0.3 is 0 Å². The minimum atomic E-state index is -0.527. The van der Waals surface area contributed by atoms with Crippen LogP contribution in [0.2, 0.25) is 0 Å². The average molecular weight is 305 g/mol. The van der Waals surface area contributed by atoms with Gasteiger partial charge in [0.15, 0.2) is 5.69 Å². The number of H-pyrrole nitrogens is 1. The Morgan fingerprint density at radius 2 is 2.38 bits per heavy atom. The molecule has 0 amide bonds. The van der Waals surface area contributed by atoms with Crippen LogP contribution in [0.15, 0.2) is 41.1 Å². The molecule has 21 heavy (non-hydrogen) atoms. The van der Waals surface area contributed by atoms with E-state index in [0.717, 1.165) is 0 Å². The predicted molar refractivity (Wildman–Crippen MR) is 81.9 cm³/mol. The van der Waals surface area contributed by atoms with Gasteiger partial charge in [0.2, 0.25) is 11.0 Å². The van der Waals surface area contributed by atoms with Crippen LogP contribution in [0.1, 0.15) is 0 Å². The standard InChI is InChI=1S/C12H11N5O3S/c1-2-5-13-12(21)16-15-10-8-6-7(17(19)20)3-4-9(8)14-11(10)18/h2-4,6,14,18H,1,5H2,(H,13,21). The number of nitrogens with zero attached hydrogens (tertiary/aromatic N) is 3. The first-order valence-electron chi connectivity index (χ1n) is 5.82. The second kappa shape index (κ2) is 6.09. The number of benzene rings is 1. The van der Waals surface area contributed by atoms with Crippen molar-refractivity contribution in [3.63, 3.8) is 0 Å². The van der Waals surface area contributed by atoms with Crippen molar-refractivity contribution in [1.82, 2.24) is 10.3 Å². The maximum atomic E-state index is 10.8. The number of thiocarbonyl (C=S) groups is 1. The highest BCUT2D eigenvalue weighted by atomic mass is 32.1. The number of aromatic hydroxyl groups is 1. The van der Waals surface area contributed by atoms with E-state index < -0.39 is 4.92 Å². The molecule has 3 N–H and O–H groups in total. The van der Waals surface area contributed by atoms with Crippen molar-refractivity contribution in [2.45, 2.75) is 0 Å². The number of aromatic nitrogens is 1. The summed E-state index contributed by atoms with van der Waals surface area (Å²) < 4.78 is 0. The lowest BCUT2D eigenvalue weighted by atomic mass is 10.2. The fourth-order valence-corrected chi connectivity index (χ4v) is 1.78. The third-order valence-electron chi connectivity index (χ3n) is 2.58. The van der Waals surface area contributed by atoms with Gasteiger partial charge in [-0.2, -0.15) is 0 Å². The molecule has 0 atom stereocenters. The summed E-state index contributed by atoms with van der Waals surface area (Å²) in [5.41, 5.74) is 0.499. The van der Waals surface area contributed by atoms with Gasteiger partial charge in [-0.3, -0.25) is 10.1 Å². The van der Waals surface area contributed by atoms with Crippen LogP contribution < -0.4 is 5.32 Å². The van der Waals surface area contributed by atoms with Crippen molar-refractivity contribution in [3.05, 3.63) is 41.0 Å². The van der Waals surface area contributed by atoms with Crippen molar-refractivity contribution in [1.29, 1.82) is 0 Å². The number of non-ortho nitro benzene ring substituents is 1. The molecule has 0 saturated heterocycles. The molecule has 1 aromatic carbocycles. The molecule has 1 aromatic heterocycles. The molecule has 9 heteroatoms. The summed E-state index contributed by atoms with van der Waals surface area (Å²) in [6.07, 6.45) is 1.61. The van der Waals surface area contributed by atoms with E-state index in [1.54, 1.807) is 6.08 Å². The molecule has 108 valence electrons. The second-order valence-corrected chi connectivity index (χ2v) is 4.37. The molecule has 0 spiro atoms. The van der Waals surface area contributed by atoms with Crippen molar-refractivity contribution in [3.8, 4) is 5.88 Å². The maximum Gasteiger partial charge on any atom is 0.270 e. The average Bonchev–Trinajstić information content (AvgIpc) is 2.77. The van der Waals surface area contributed by atoms with E-state index in [0.29, 0.717) is 17.4 Å². The Bertz CT molecular complexity index is 753. The molecular formula is C12H11N5O3S. The summed E-state index contributed by atoms with van der Waals surface area (Å²) in [5.74, 6) is -0.235. The predicted octanol–water partition coefficient (Wildman–Crippen LogP) is 2.93. The molecule has 0 bridgehead atoms. The van der Waals surface area contributed by atoms with Crippen molar-refractivity contribution < 1.29 is 10.0 Å². The zero-order valence-electron chi connectivity index (χ0n) is 10.7. The molecule has 2 rings (SSSR count). The Morgan fingerprint density at radius 1 is 1.62 bits per heavy atom. The van der Waals surface area contributed by atoms with E-state index in [4.69, 9.17) is 12.2 Å². The number of azo groups is 1. The highest BCUT2D eigenvalue weighted by Crippen LogP contribution is 2.37. The number of nitro groups is 1. The maximum absolute atomic E-state index is 10.8. The van der Waals surface area contributed by atoms with Crippen LogP contribution in [0.3, 0.4) is 0 Å². The third kappa shape index (κ3) is 3.20. The fraction of sp³-hybridized carbons (Fsp3) is 0.0833. The van der Waals surface area contributed by atoms with E-state index in [2.05, 4.69) is 27.1 Å². The molecule has 0 unspecified atom stereocenters. The van der Waals surface area contributed by atoms with Crippen LogP contribution in [0.5, 0.6) is 5.88 Å². The Balaban J connectivity index is 2.38. The minimum Gasteiger partial charge on any atom is -0.493 e. The van der Waals surface area contributed by atoms with Gasteiger partial charge in [-0.15, -0.1) is 16.8 Å². The van der Waals surface area contributed by atoms with Gasteiger partial charge in [0.1, 0.15) is 0 Å². The van der Waals surface area contributed by atoms with Gasteiger partial charge in [-0.1, -0.05) is 6.08 Å². The first kappa shape index (κ1) is 14.6. The molecule has 0 saturated carbocycles. The lowest BCUT2D eigenvalue weighted by Crippen LogP contribution is -2.18. The summed E-state index contributed by atoms with van der Waals surface area (Å²) >= 11 is 4.91. The number of nitro benzene ring substituents is 1. The number of fused-ring (bicyclic) bond motifs is 1. The van der Waals surface area contributed by atoms with Crippen LogP contribution in [0, 0.1) is 10.1 Å². The van der Waals surface area contributed by atoms with Crippen molar-refractivity contribution >= 4 is 39.6 Å². The molecule has 2 aromatic rings. The van der Waals surface area contributed by atoms with Gasteiger partial charge in [0.05, 0.1) is 10.4 Å². The molecule has 0 aliphatic carbocycles. The zero-order valence-corrected chi connectivity index (χ0v) is 11.6. The number of rotatable bonds is 4. The van der Waals surface area contributed by atoms with Crippen molar-refractivity contribution in [2.24, 2.45) is 10.2 Å². The molecule has 1 heterocycles. The topological polar surface area (TPSA) is 116 Å². The normalized spacial score (nSPS) is 10.9. The van der Waals surface area contributed by atoms with E-state index in [1.165, 1.54) is 18.2 Å². The largest absolute Gasteiger partial charge is 0.493 e. The van der Waals surface area contributed by atoms with Gasteiger partial charge in [-0.25, -0.2) is 0 Å². The lowest BCUT2D eigenvalue weighted by molar-refractivity contribution is -0.384. The minimum absolute atomic E-state index is 0.0939. The lowest BCUT2D eigenvalue weighted by Gasteiger charge is -1.97. The summed E-state index contributed by atoms with van der Waals surface area (Å²) in [7, 11) is 0. The van der Waals surface area contributed by atoms with E-state index in [-0.39, 0.29) is 22.4 Å². The molecule has 0 aliphatic rings. The van der Waals surface area contributed by atoms with Gasteiger partial charge in [0.25, 0.3) is 5.69 Å². The van der Waals surface area contributed by atoms with Crippen LogP contribution >= 0.6 is 12.2 Å². The molecule has 8 nitrogen and oxygen atoms in total. The Kier molecular flexibility index (Phi) is 4.24. The Morgan fingerprint density at radius 3 is 3.05 bits per heavy atom. The second-order valence-electron chi connectivity index (χ2n) is 3.98. The van der Waals surface area contributed by atoms with Crippen molar-refractivity contribution in [2.75, 3.05) is 6.54 Å². The zero-order chi connectivity index (χ0) is 15.4. The summed E-state index contributed by atoms with van der Waals surface area (Å²) in [5, 5.41) is 31.4. The van der Waals surface area contributed by atoms with Crippen LogP contribution in [0.4, 0.5) is 11.4 Å². The van der Waals surface area contributed by atoms with Gasteiger partial charge < -0.3 is 15.4 Å². The molecule has 0 fully saturated rings. The highest BCUT2D eigenvalue weighted by molar-refractivity contribution is 7.80. The Labute approximate surface area is 124 Å². The summed E-state index contributed by atoms with van der Waals surface area (Å²) in [4.78, 5) is 12.9. The van der Waals surface area contributed by atoms with Gasteiger partial charge in [0, 0.05) is 24.1 Å². The van der Waals surface area contributed by atoms with Crippen LogP contribution in [-0.2, 0) is 0 Å². The number of hydrogen-bond acceptors (Lipinski definition) is 5. The van der Waals surface area contributed by atoms with Gasteiger partial charge in [-0.05, 0) is 18.3 Å². The highest BCUT2D eigenvalue weighted by Gasteiger charge is 2.14. The monoisotopic (exact) mass is 305 g/mol. The van der Waals surface area contributed by atoms with Crippen LogP contribution in [0.25, 0.3) is 10.9 Å². The first-order valence-corrected chi connectivity index (χ1v) is 6.23. The van der Waals surface area contributed by atoms with E-state index in [1.807, 2.05) is 0 Å².